The Morgan fingerprint density at radius 3 is 2.74 bits per heavy atom. The van der Waals surface area contributed by atoms with Crippen molar-refractivity contribution in [1.29, 1.82) is 0 Å². The van der Waals surface area contributed by atoms with E-state index in [1.54, 1.807) is 16.8 Å². The normalized spacial score (nSPS) is 10.5. The molecular formula is C14H16ClN3O. The Labute approximate surface area is 117 Å². The van der Waals surface area contributed by atoms with Crippen molar-refractivity contribution in [2.24, 2.45) is 7.05 Å². The summed E-state index contributed by atoms with van der Waals surface area (Å²) >= 11 is 5.77. The van der Waals surface area contributed by atoms with Crippen LogP contribution in [-0.2, 0) is 12.9 Å². The Bertz CT molecular complexity index is 619. The van der Waals surface area contributed by atoms with Crippen molar-refractivity contribution in [1.82, 2.24) is 9.78 Å². The fraction of sp³-hybridized carbons (Fsp3) is 0.286. The molecule has 0 saturated heterocycles. The van der Waals surface area contributed by atoms with Crippen molar-refractivity contribution >= 4 is 23.2 Å². The molecule has 0 aliphatic heterocycles. The average Bonchev–Trinajstić information content (AvgIpc) is 2.65. The SMILES string of the molecule is Cc1nn(C)c(C)c1NC(=O)c1cccc(CCl)c1. The van der Waals surface area contributed by atoms with E-state index in [2.05, 4.69) is 10.4 Å². The van der Waals surface area contributed by atoms with Gasteiger partial charge in [-0.2, -0.15) is 5.10 Å². The third kappa shape index (κ3) is 2.79. The molecule has 100 valence electrons. The van der Waals surface area contributed by atoms with E-state index in [1.807, 2.05) is 33.0 Å². The van der Waals surface area contributed by atoms with Gasteiger partial charge in [0.1, 0.15) is 0 Å². The monoisotopic (exact) mass is 277 g/mol. The van der Waals surface area contributed by atoms with Crippen molar-refractivity contribution in [3.8, 4) is 0 Å². The third-order valence-electron chi connectivity index (χ3n) is 3.09. The molecule has 1 aromatic carbocycles. The first-order valence-corrected chi connectivity index (χ1v) is 6.53. The fourth-order valence-corrected chi connectivity index (χ4v) is 2.10. The minimum absolute atomic E-state index is 0.147. The summed E-state index contributed by atoms with van der Waals surface area (Å²) in [5.41, 5.74) is 4.03. The van der Waals surface area contributed by atoms with Crippen molar-refractivity contribution < 1.29 is 4.79 Å². The summed E-state index contributed by atoms with van der Waals surface area (Å²) in [6.07, 6.45) is 0. The summed E-state index contributed by atoms with van der Waals surface area (Å²) in [5, 5.41) is 7.17. The molecule has 5 heteroatoms. The number of alkyl halides is 1. The Morgan fingerprint density at radius 2 is 2.16 bits per heavy atom. The standard InChI is InChI=1S/C14H16ClN3O/c1-9-13(10(2)18(3)17-9)16-14(19)12-6-4-5-11(7-12)8-15/h4-7H,8H2,1-3H3,(H,16,19). The van der Waals surface area contributed by atoms with Crippen molar-refractivity contribution in [2.75, 3.05) is 5.32 Å². The molecule has 0 unspecified atom stereocenters. The van der Waals surface area contributed by atoms with Gasteiger partial charge in [-0.25, -0.2) is 0 Å². The Morgan fingerprint density at radius 1 is 1.42 bits per heavy atom. The zero-order valence-corrected chi connectivity index (χ0v) is 12.0. The molecular weight excluding hydrogens is 262 g/mol. The van der Waals surface area contributed by atoms with Gasteiger partial charge < -0.3 is 5.32 Å². The number of carbonyl (C=O) groups is 1. The topological polar surface area (TPSA) is 46.9 Å². The first-order chi connectivity index (χ1) is 9.02. The first kappa shape index (κ1) is 13.6. The number of rotatable bonds is 3. The van der Waals surface area contributed by atoms with Crippen LogP contribution in [0, 0.1) is 13.8 Å². The number of benzene rings is 1. The number of carbonyl (C=O) groups excluding carboxylic acids is 1. The number of anilines is 1. The van der Waals surface area contributed by atoms with Gasteiger partial charge in [0, 0.05) is 18.5 Å². The molecule has 19 heavy (non-hydrogen) atoms. The van der Waals surface area contributed by atoms with Crippen LogP contribution in [-0.4, -0.2) is 15.7 Å². The van der Waals surface area contributed by atoms with Gasteiger partial charge in [-0.1, -0.05) is 12.1 Å². The van der Waals surface area contributed by atoms with Gasteiger partial charge in [0.25, 0.3) is 5.91 Å². The van der Waals surface area contributed by atoms with E-state index in [1.165, 1.54) is 0 Å². The molecule has 0 aliphatic rings. The number of nitrogens with zero attached hydrogens (tertiary/aromatic N) is 2. The Kier molecular flexibility index (Phi) is 3.90. The molecule has 1 amide bonds. The van der Waals surface area contributed by atoms with E-state index in [-0.39, 0.29) is 5.91 Å². The van der Waals surface area contributed by atoms with Gasteiger partial charge in [0.15, 0.2) is 0 Å². The van der Waals surface area contributed by atoms with E-state index in [4.69, 9.17) is 11.6 Å². The number of hydrogen-bond donors (Lipinski definition) is 1. The summed E-state index contributed by atoms with van der Waals surface area (Å²) < 4.78 is 1.75. The second-order valence-corrected chi connectivity index (χ2v) is 4.72. The lowest BCUT2D eigenvalue weighted by Gasteiger charge is -2.06. The molecule has 1 N–H and O–H groups in total. The second-order valence-electron chi connectivity index (χ2n) is 4.46. The average molecular weight is 278 g/mol. The van der Waals surface area contributed by atoms with Crippen LogP contribution in [0.2, 0.25) is 0 Å². The lowest BCUT2D eigenvalue weighted by Crippen LogP contribution is -2.13. The highest BCUT2D eigenvalue weighted by Crippen LogP contribution is 2.19. The zero-order valence-electron chi connectivity index (χ0n) is 11.2. The fourth-order valence-electron chi connectivity index (χ4n) is 1.94. The van der Waals surface area contributed by atoms with Gasteiger partial charge >= 0.3 is 0 Å². The Balaban J connectivity index is 2.25. The zero-order chi connectivity index (χ0) is 14.0. The first-order valence-electron chi connectivity index (χ1n) is 5.99. The van der Waals surface area contributed by atoms with Crippen LogP contribution in [0.5, 0.6) is 0 Å². The molecule has 2 aromatic rings. The summed E-state index contributed by atoms with van der Waals surface area (Å²) in [5.74, 6) is 0.248. The lowest BCUT2D eigenvalue weighted by atomic mass is 10.1. The number of aryl methyl sites for hydroxylation is 2. The van der Waals surface area contributed by atoms with Crippen LogP contribution >= 0.6 is 11.6 Å². The highest BCUT2D eigenvalue weighted by atomic mass is 35.5. The largest absolute Gasteiger partial charge is 0.319 e. The molecule has 1 heterocycles. The van der Waals surface area contributed by atoms with Crippen LogP contribution in [0.3, 0.4) is 0 Å². The molecule has 0 saturated carbocycles. The van der Waals surface area contributed by atoms with Crippen molar-refractivity contribution in [3.63, 3.8) is 0 Å². The van der Waals surface area contributed by atoms with Crippen molar-refractivity contribution in [3.05, 3.63) is 46.8 Å². The number of nitrogens with one attached hydrogen (secondary N) is 1. The molecule has 2 rings (SSSR count). The van der Waals surface area contributed by atoms with Crippen LogP contribution in [0.25, 0.3) is 0 Å². The van der Waals surface area contributed by atoms with E-state index in [0.29, 0.717) is 11.4 Å². The van der Waals surface area contributed by atoms with Crippen LogP contribution in [0.4, 0.5) is 5.69 Å². The van der Waals surface area contributed by atoms with Crippen LogP contribution in [0.1, 0.15) is 27.3 Å². The highest BCUT2D eigenvalue weighted by molar-refractivity contribution is 6.17. The van der Waals surface area contributed by atoms with Crippen LogP contribution < -0.4 is 5.32 Å². The summed E-state index contributed by atoms with van der Waals surface area (Å²) in [4.78, 5) is 12.2. The van der Waals surface area contributed by atoms with E-state index < -0.39 is 0 Å². The summed E-state index contributed by atoms with van der Waals surface area (Å²) in [6.45, 7) is 3.79. The molecule has 1 aromatic heterocycles. The Hall–Kier alpha value is -1.81. The maximum atomic E-state index is 12.2. The summed E-state index contributed by atoms with van der Waals surface area (Å²) in [6, 6.07) is 7.29. The maximum Gasteiger partial charge on any atom is 0.255 e. The predicted octanol–water partition coefficient (Wildman–Crippen LogP) is 3.03. The van der Waals surface area contributed by atoms with E-state index in [0.717, 1.165) is 22.6 Å². The molecule has 0 bridgehead atoms. The minimum atomic E-state index is -0.147. The minimum Gasteiger partial charge on any atom is -0.319 e. The van der Waals surface area contributed by atoms with Gasteiger partial charge in [-0.05, 0) is 31.5 Å². The van der Waals surface area contributed by atoms with Crippen molar-refractivity contribution in [2.45, 2.75) is 19.7 Å². The molecule has 4 nitrogen and oxygen atoms in total. The number of amides is 1. The van der Waals surface area contributed by atoms with Gasteiger partial charge in [0.2, 0.25) is 0 Å². The molecule has 0 atom stereocenters. The summed E-state index contributed by atoms with van der Waals surface area (Å²) in [7, 11) is 1.85. The number of halogens is 1. The molecule has 0 fully saturated rings. The highest BCUT2D eigenvalue weighted by Gasteiger charge is 2.13. The molecule has 0 aliphatic carbocycles. The van der Waals surface area contributed by atoms with E-state index in [9.17, 15) is 4.79 Å². The molecule has 0 spiro atoms. The molecule has 0 radical (unpaired) electrons. The van der Waals surface area contributed by atoms with Gasteiger partial charge in [0.05, 0.1) is 17.1 Å². The third-order valence-corrected chi connectivity index (χ3v) is 3.40. The second kappa shape index (κ2) is 5.45. The predicted molar refractivity (Wildman–Crippen MR) is 76.6 cm³/mol. The quantitative estimate of drug-likeness (QED) is 0.877. The number of hydrogen-bond acceptors (Lipinski definition) is 2. The smallest absolute Gasteiger partial charge is 0.255 e. The van der Waals surface area contributed by atoms with Gasteiger partial charge in [-0.3, -0.25) is 9.48 Å². The van der Waals surface area contributed by atoms with Gasteiger partial charge in [-0.15, -0.1) is 11.6 Å². The lowest BCUT2D eigenvalue weighted by molar-refractivity contribution is 0.102. The number of aromatic nitrogens is 2. The van der Waals surface area contributed by atoms with Crippen LogP contribution in [0.15, 0.2) is 24.3 Å². The maximum absolute atomic E-state index is 12.2. The van der Waals surface area contributed by atoms with E-state index >= 15 is 0 Å².